The molecule has 18 heavy (non-hydrogen) atoms. The van der Waals surface area contributed by atoms with Crippen LogP contribution in [0.15, 0.2) is 34.9 Å². The highest BCUT2D eigenvalue weighted by Crippen LogP contribution is 2.21. The topological polar surface area (TPSA) is 58.3 Å². The highest BCUT2D eigenvalue weighted by molar-refractivity contribution is 5.25. The van der Waals surface area contributed by atoms with Crippen LogP contribution in [0.3, 0.4) is 0 Å². The molecule has 4 heteroatoms. The van der Waals surface area contributed by atoms with Gasteiger partial charge in [-0.3, -0.25) is 0 Å². The van der Waals surface area contributed by atoms with Crippen molar-refractivity contribution in [3.05, 3.63) is 52.9 Å². The van der Waals surface area contributed by atoms with E-state index < -0.39 is 0 Å². The molecule has 0 spiro atoms. The minimum absolute atomic E-state index is 0.0235. The third-order valence-corrected chi connectivity index (χ3v) is 3.02. The Balaban J connectivity index is 2.07. The summed E-state index contributed by atoms with van der Waals surface area (Å²) in [4.78, 5) is 0. The molecular weight excluding hydrogens is 228 g/mol. The summed E-state index contributed by atoms with van der Waals surface area (Å²) in [6, 6.07) is 9.95. The van der Waals surface area contributed by atoms with Gasteiger partial charge in [-0.1, -0.05) is 35.5 Å². The second kappa shape index (κ2) is 5.80. The van der Waals surface area contributed by atoms with Crippen LogP contribution < -0.4 is 5.32 Å². The lowest BCUT2D eigenvalue weighted by atomic mass is 10.1. The number of aryl methyl sites for hydroxylation is 2. The summed E-state index contributed by atoms with van der Waals surface area (Å²) in [6.07, 6.45) is 0. The van der Waals surface area contributed by atoms with Crippen molar-refractivity contribution >= 4 is 0 Å². The van der Waals surface area contributed by atoms with Crippen molar-refractivity contribution in [2.24, 2.45) is 0 Å². The van der Waals surface area contributed by atoms with Gasteiger partial charge in [0.15, 0.2) is 0 Å². The molecule has 0 saturated carbocycles. The molecule has 1 aromatic carbocycles. The summed E-state index contributed by atoms with van der Waals surface area (Å²) in [5.74, 6) is 0.757. The predicted octanol–water partition coefficient (Wildman–Crippen LogP) is 2.11. The molecule has 2 rings (SSSR count). The molecule has 0 amide bonds. The standard InChI is InChI=1S/C14H18N2O2/c1-10-14(11(2)18-16-10)13(9-17)15-8-12-6-4-3-5-7-12/h3-7,13,15,17H,8-9H2,1-2H3. The van der Waals surface area contributed by atoms with Crippen molar-refractivity contribution in [1.82, 2.24) is 10.5 Å². The first-order valence-corrected chi connectivity index (χ1v) is 6.03. The predicted molar refractivity (Wildman–Crippen MR) is 69.1 cm³/mol. The van der Waals surface area contributed by atoms with Gasteiger partial charge in [-0.15, -0.1) is 0 Å². The molecule has 96 valence electrons. The molecule has 0 saturated heterocycles. The lowest BCUT2D eigenvalue weighted by Crippen LogP contribution is -2.24. The Kier molecular flexibility index (Phi) is 4.12. The minimum atomic E-state index is -0.142. The summed E-state index contributed by atoms with van der Waals surface area (Å²) in [6.45, 7) is 4.48. The summed E-state index contributed by atoms with van der Waals surface area (Å²) in [7, 11) is 0. The van der Waals surface area contributed by atoms with E-state index in [4.69, 9.17) is 4.52 Å². The van der Waals surface area contributed by atoms with Gasteiger partial charge in [-0.2, -0.15) is 0 Å². The quantitative estimate of drug-likeness (QED) is 0.848. The van der Waals surface area contributed by atoms with E-state index >= 15 is 0 Å². The fourth-order valence-corrected chi connectivity index (χ4v) is 2.08. The van der Waals surface area contributed by atoms with Crippen molar-refractivity contribution in [3.63, 3.8) is 0 Å². The summed E-state index contributed by atoms with van der Waals surface area (Å²) in [5, 5.41) is 16.7. The normalized spacial score (nSPS) is 12.6. The molecule has 0 aliphatic rings. The van der Waals surface area contributed by atoms with E-state index in [1.807, 2.05) is 32.0 Å². The van der Waals surface area contributed by atoms with E-state index in [-0.39, 0.29) is 12.6 Å². The zero-order chi connectivity index (χ0) is 13.0. The third-order valence-electron chi connectivity index (χ3n) is 3.02. The first kappa shape index (κ1) is 12.8. The van der Waals surface area contributed by atoms with Crippen molar-refractivity contribution < 1.29 is 9.63 Å². The second-order valence-corrected chi connectivity index (χ2v) is 4.34. The zero-order valence-corrected chi connectivity index (χ0v) is 10.7. The molecular formula is C14H18N2O2. The third kappa shape index (κ3) is 2.78. The summed E-state index contributed by atoms with van der Waals surface area (Å²) < 4.78 is 5.13. The van der Waals surface area contributed by atoms with Gasteiger partial charge in [-0.25, -0.2) is 0 Å². The SMILES string of the molecule is Cc1noc(C)c1C(CO)NCc1ccccc1. The van der Waals surface area contributed by atoms with Gasteiger partial charge in [0.2, 0.25) is 0 Å². The van der Waals surface area contributed by atoms with Crippen molar-refractivity contribution in [1.29, 1.82) is 0 Å². The minimum Gasteiger partial charge on any atom is -0.394 e. The molecule has 0 aliphatic carbocycles. The molecule has 0 fully saturated rings. The molecule has 1 unspecified atom stereocenters. The molecule has 0 bridgehead atoms. The first-order valence-electron chi connectivity index (χ1n) is 6.03. The van der Waals surface area contributed by atoms with Gasteiger partial charge in [0, 0.05) is 12.1 Å². The molecule has 1 heterocycles. The average Bonchev–Trinajstić information content (AvgIpc) is 2.73. The number of rotatable bonds is 5. The Bertz CT molecular complexity index is 474. The number of nitrogens with one attached hydrogen (secondary N) is 1. The Morgan fingerprint density at radius 1 is 1.28 bits per heavy atom. The van der Waals surface area contributed by atoms with Crippen LogP contribution in [0.25, 0.3) is 0 Å². The van der Waals surface area contributed by atoms with Gasteiger partial charge >= 0.3 is 0 Å². The van der Waals surface area contributed by atoms with Crippen LogP contribution in [0, 0.1) is 13.8 Å². The smallest absolute Gasteiger partial charge is 0.138 e. The fourth-order valence-electron chi connectivity index (χ4n) is 2.08. The lowest BCUT2D eigenvalue weighted by molar-refractivity contribution is 0.242. The number of hydrogen-bond donors (Lipinski definition) is 2. The molecule has 0 radical (unpaired) electrons. The highest BCUT2D eigenvalue weighted by atomic mass is 16.5. The monoisotopic (exact) mass is 246 g/mol. The first-order chi connectivity index (χ1) is 8.72. The van der Waals surface area contributed by atoms with Crippen molar-refractivity contribution in [3.8, 4) is 0 Å². The fraction of sp³-hybridized carbons (Fsp3) is 0.357. The lowest BCUT2D eigenvalue weighted by Gasteiger charge is -2.16. The number of aromatic nitrogens is 1. The molecule has 2 aromatic rings. The number of hydrogen-bond acceptors (Lipinski definition) is 4. The molecule has 1 aromatic heterocycles. The number of nitrogens with zero attached hydrogens (tertiary/aromatic N) is 1. The Labute approximate surface area is 107 Å². The highest BCUT2D eigenvalue weighted by Gasteiger charge is 2.19. The Morgan fingerprint density at radius 2 is 2.00 bits per heavy atom. The molecule has 4 nitrogen and oxygen atoms in total. The van der Waals surface area contributed by atoms with Crippen molar-refractivity contribution in [2.45, 2.75) is 26.4 Å². The Morgan fingerprint density at radius 3 is 2.56 bits per heavy atom. The summed E-state index contributed by atoms with van der Waals surface area (Å²) in [5.41, 5.74) is 2.96. The van der Waals surface area contributed by atoms with Crippen LogP contribution >= 0.6 is 0 Å². The van der Waals surface area contributed by atoms with Crippen LogP contribution in [-0.2, 0) is 6.54 Å². The Hall–Kier alpha value is -1.65. The van der Waals surface area contributed by atoms with Gasteiger partial charge in [-0.05, 0) is 19.4 Å². The maximum Gasteiger partial charge on any atom is 0.138 e. The van der Waals surface area contributed by atoms with E-state index in [0.29, 0.717) is 6.54 Å². The van der Waals surface area contributed by atoms with Crippen molar-refractivity contribution in [2.75, 3.05) is 6.61 Å². The van der Waals surface area contributed by atoms with Crippen LogP contribution in [0.4, 0.5) is 0 Å². The molecule has 0 aliphatic heterocycles. The van der Waals surface area contributed by atoms with Crippen LogP contribution in [0.2, 0.25) is 0 Å². The van der Waals surface area contributed by atoms with Crippen LogP contribution in [0.1, 0.15) is 28.6 Å². The number of aliphatic hydroxyl groups excluding tert-OH is 1. The van der Waals surface area contributed by atoms with Gasteiger partial charge in [0.1, 0.15) is 5.76 Å². The van der Waals surface area contributed by atoms with Gasteiger partial charge < -0.3 is 14.9 Å². The van der Waals surface area contributed by atoms with Gasteiger partial charge in [0.05, 0.1) is 18.3 Å². The van der Waals surface area contributed by atoms with E-state index in [0.717, 1.165) is 17.0 Å². The summed E-state index contributed by atoms with van der Waals surface area (Å²) >= 11 is 0. The average molecular weight is 246 g/mol. The number of benzene rings is 1. The maximum absolute atomic E-state index is 9.49. The zero-order valence-electron chi connectivity index (χ0n) is 10.7. The van der Waals surface area contributed by atoms with Crippen LogP contribution in [-0.4, -0.2) is 16.9 Å². The van der Waals surface area contributed by atoms with Gasteiger partial charge in [0.25, 0.3) is 0 Å². The van der Waals surface area contributed by atoms with E-state index in [9.17, 15) is 5.11 Å². The molecule has 2 N–H and O–H groups in total. The maximum atomic E-state index is 9.49. The van der Waals surface area contributed by atoms with E-state index in [2.05, 4.69) is 22.6 Å². The second-order valence-electron chi connectivity index (χ2n) is 4.34. The number of aliphatic hydroxyl groups is 1. The van der Waals surface area contributed by atoms with E-state index in [1.165, 1.54) is 5.56 Å². The van der Waals surface area contributed by atoms with E-state index in [1.54, 1.807) is 0 Å². The molecule has 1 atom stereocenters. The largest absolute Gasteiger partial charge is 0.394 e. The van der Waals surface area contributed by atoms with Crippen LogP contribution in [0.5, 0.6) is 0 Å².